The molecule has 15 heavy (non-hydrogen) atoms. The molecule has 1 aliphatic rings. The Hall–Kier alpha value is -0.0800. The van der Waals surface area contributed by atoms with E-state index in [1.165, 1.54) is 32.1 Å². The van der Waals surface area contributed by atoms with Gasteiger partial charge in [0.15, 0.2) is 0 Å². The van der Waals surface area contributed by atoms with Crippen molar-refractivity contribution in [3.63, 3.8) is 0 Å². The van der Waals surface area contributed by atoms with Crippen molar-refractivity contribution in [1.29, 1.82) is 0 Å². The fourth-order valence-electron chi connectivity index (χ4n) is 2.52. The van der Waals surface area contributed by atoms with Gasteiger partial charge in [-0.05, 0) is 31.2 Å². The quantitative estimate of drug-likeness (QED) is 0.669. The van der Waals surface area contributed by atoms with Crippen LogP contribution in [0.2, 0.25) is 0 Å². The Kier molecular flexibility index (Phi) is 6.26. The molecule has 90 valence electrons. The van der Waals surface area contributed by atoms with Gasteiger partial charge in [0.05, 0.1) is 0 Å². The molecule has 0 aromatic rings. The standard InChI is InChI=1S/C13H27NO/c1-4-14-13(8-11(2)10-15-3)9-12-6-5-7-12/h11-14H,4-10H2,1-3H3. The summed E-state index contributed by atoms with van der Waals surface area (Å²) in [7, 11) is 1.80. The molecule has 1 rings (SSSR count). The SMILES string of the molecule is CCNC(CC(C)COC)CC1CCC1. The van der Waals surface area contributed by atoms with Crippen molar-refractivity contribution in [2.75, 3.05) is 20.3 Å². The molecule has 0 radical (unpaired) electrons. The molecule has 1 aliphatic carbocycles. The van der Waals surface area contributed by atoms with Crippen molar-refractivity contribution in [1.82, 2.24) is 5.32 Å². The lowest BCUT2D eigenvalue weighted by molar-refractivity contribution is 0.143. The van der Waals surface area contributed by atoms with Gasteiger partial charge in [-0.15, -0.1) is 0 Å². The lowest BCUT2D eigenvalue weighted by Crippen LogP contribution is -2.34. The summed E-state index contributed by atoms with van der Waals surface area (Å²) in [5, 5.41) is 3.62. The Morgan fingerprint density at radius 2 is 2.13 bits per heavy atom. The molecular weight excluding hydrogens is 186 g/mol. The van der Waals surface area contributed by atoms with E-state index >= 15 is 0 Å². The van der Waals surface area contributed by atoms with Crippen molar-refractivity contribution in [3.05, 3.63) is 0 Å². The Balaban J connectivity index is 2.21. The molecule has 0 aromatic carbocycles. The maximum Gasteiger partial charge on any atom is 0.0488 e. The summed E-state index contributed by atoms with van der Waals surface area (Å²) in [4.78, 5) is 0. The minimum Gasteiger partial charge on any atom is -0.384 e. The van der Waals surface area contributed by atoms with Crippen molar-refractivity contribution >= 4 is 0 Å². The minimum absolute atomic E-state index is 0.680. The molecule has 0 aromatic heterocycles. The van der Waals surface area contributed by atoms with Crippen LogP contribution < -0.4 is 5.32 Å². The maximum absolute atomic E-state index is 5.20. The third-order valence-corrected chi connectivity index (χ3v) is 3.47. The minimum atomic E-state index is 0.680. The van der Waals surface area contributed by atoms with Crippen molar-refractivity contribution in [2.24, 2.45) is 11.8 Å². The number of nitrogens with one attached hydrogen (secondary N) is 1. The number of hydrogen-bond donors (Lipinski definition) is 1. The molecule has 0 heterocycles. The van der Waals surface area contributed by atoms with Gasteiger partial charge in [-0.3, -0.25) is 0 Å². The number of methoxy groups -OCH3 is 1. The van der Waals surface area contributed by atoms with Crippen LogP contribution in [-0.4, -0.2) is 26.3 Å². The van der Waals surface area contributed by atoms with Gasteiger partial charge in [0.25, 0.3) is 0 Å². The summed E-state index contributed by atoms with van der Waals surface area (Å²) in [5.74, 6) is 1.68. The Bertz CT molecular complexity index is 157. The van der Waals surface area contributed by atoms with Gasteiger partial charge in [-0.2, -0.15) is 0 Å². The van der Waals surface area contributed by atoms with E-state index in [1.54, 1.807) is 7.11 Å². The molecule has 0 amide bonds. The molecule has 0 saturated heterocycles. The molecule has 2 atom stereocenters. The van der Waals surface area contributed by atoms with E-state index in [9.17, 15) is 0 Å². The summed E-state index contributed by atoms with van der Waals surface area (Å²) in [6.07, 6.45) is 7.01. The first kappa shape index (κ1) is 13.0. The van der Waals surface area contributed by atoms with Crippen LogP contribution in [0.1, 0.15) is 46.0 Å². The van der Waals surface area contributed by atoms with E-state index in [0.717, 1.165) is 19.1 Å². The molecule has 0 spiro atoms. The van der Waals surface area contributed by atoms with Crippen molar-refractivity contribution < 1.29 is 4.74 Å². The molecule has 1 fully saturated rings. The zero-order chi connectivity index (χ0) is 11.1. The van der Waals surface area contributed by atoms with Crippen LogP contribution in [0.3, 0.4) is 0 Å². The zero-order valence-electron chi connectivity index (χ0n) is 10.6. The van der Waals surface area contributed by atoms with E-state index in [0.29, 0.717) is 12.0 Å². The van der Waals surface area contributed by atoms with Gasteiger partial charge in [-0.25, -0.2) is 0 Å². The third kappa shape index (κ3) is 4.98. The third-order valence-electron chi connectivity index (χ3n) is 3.47. The van der Waals surface area contributed by atoms with Crippen molar-refractivity contribution in [2.45, 2.75) is 52.0 Å². The summed E-state index contributed by atoms with van der Waals surface area (Å²) in [6, 6.07) is 0.713. The van der Waals surface area contributed by atoms with Gasteiger partial charge in [0, 0.05) is 19.8 Å². The molecule has 2 heteroatoms. The number of ether oxygens (including phenoxy) is 1. The van der Waals surface area contributed by atoms with Gasteiger partial charge in [-0.1, -0.05) is 33.1 Å². The monoisotopic (exact) mass is 213 g/mol. The fraction of sp³-hybridized carbons (Fsp3) is 1.00. The van der Waals surface area contributed by atoms with E-state index in [2.05, 4.69) is 19.2 Å². The summed E-state index contributed by atoms with van der Waals surface area (Å²) < 4.78 is 5.20. The normalized spacial score (nSPS) is 21.0. The van der Waals surface area contributed by atoms with E-state index < -0.39 is 0 Å². The van der Waals surface area contributed by atoms with E-state index in [-0.39, 0.29) is 0 Å². The highest BCUT2D eigenvalue weighted by atomic mass is 16.5. The fourth-order valence-corrected chi connectivity index (χ4v) is 2.52. The lowest BCUT2D eigenvalue weighted by Gasteiger charge is -2.31. The second-order valence-electron chi connectivity index (χ2n) is 5.08. The topological polar surface area (TPSA) is 21.3 Å². The Labute approximate surface area is 94.8 Å². The van der Waals surface area contributed by atoms with E-state index in [1.807, 2.05) is 0 Å². The highest BCUT2D eigenvalue weighted by Gasteiger charge is 2.22. The van der Waals surface area contributed by atoms with Crippen LogP contribution in [0.5, 0.6) is 0 Å². The smallest absolute Gasteiger partial charge is 0.0488 e. The van der Waals surface area contributed by atoms with Crippen LogP contribution in [-0.2, 0) is 4.74 Å². The predicted molar refractivity (Wildman–Crippen MR) is 65.1 cm³/mol. The van der Waals surface area contributed by atoms with Gasteiger partial charge < -0.3 is 10.1 Å². The van der Waals surface area contributed by atoms with Gasteiger partial charge in [0.2, 0.25) is 0 Å². The molecule has 2 nitrogen and oxygen atoms in total. The van der Waals surface area contributed by atoms with Crippen LogP contribution in [0.15, 0.2) is 0 Å². The second-order valence-corrected chi connectivity index (χ2v) is 5.08. The first-order valence-corrected chi connectivity index (χ1v) is 6.48. The van der Waals surface area contributed by atoms with E-state index in [4.69, 9.17) is 4.74 Å². The Morgan fingerprint density at radius 3 is 2.60 bits per heavy atom. The predicted octanol–water partition coefficient (Wildman–Crippen LogP) is 2.83. The highest BCUT2D eigenvalue weighted by Crippen LogP contribution is 2.31. The van der Waals surface area contributed by atoms with Crippen LogP contribution >= 0.6 is 0 Å². The zero-order valence-corrected chi connectivity index (χ0v) is 10.6. The van der Waals surface area contributed by atoms with Crippen LogP contribution in [0.4, 0.5) is 0 Å². The Morgan fingerprint density at radius 1 is 1.40 bits per heavy atom. The summed E-state index contributed by atoms with van der Waals surface area (Å²) in [6.45, 7) is 6.48. The van der Waals surface area contributed by atoms with Crippen molar-refractivity contribution in [3.8, 4) is 0 Å². The average Bonchev–Trinajstić information content (AvgIpc) is 2.12. The number of hydrogen-bond acceptors (Lipinski definition) is 2. The summed E-state index contributed by atoms with van der Waals surface area (Å²) in [5.41, 5.74) is 0. The molecule has 0 bridgehead atoms. The molecule has 0 aliphatic heterocycles. The van der Waals surface area contributed by atoms with Crippen LogP contribution in [0, 0.1) is 11.8 Å². The first-order valence-electron chi connectivity index (χ1n) is 6.48. The first-order chi connectivity index (χ1) is 7.26. The van der Waals surface area contributed by atoms with Gasteiger partial charge >= 0.3 is 0 Å². The summed E-state index contributed by atoms with van der Waals surface area (Å²) >= 11 is 0. The molecule has 1 saturated carbocycles. The van der Waals surface area contributed by atoms with Gasteiger partial charge in [0.1, 0.15) is 0 Å². The molecule has 2 unspecified atom stereocenters. The molecule has 1 N–H and O–H groups in total. The average molecular weight is 213 g/mol. The second kappa shape index (κ2) is 7.24. The number of rotatable bonds is 8. The molecular formula is C13H27NO. The lowest BCUT2D eigenvalue weighted by atomic mass is 9.79. The largest absolute Gasteiger partial charge is 0.384 e. The maximum atomic E-state index is 5.20. The van der Waals surface area contributed by atoms with Crippen LogP contribution in [0.25, 0.3) is 0 Å². The highest BCUT2D eigenvalue weighted by molar-refractivity contribution is 4.78.